The molecule has 1 aliphatic heterocycles. The molecule has 21 heavy (non-hydrogen) atoms. The third kappa shape index (κ3) is 3.50. The summed E-state index contributed by atoms with van der Waals surface area (Å²) in [6.45, 7) is 4.09. The van der Waals surface area contributed by atoms with Crippen LogP contribution in [0.2, 0.25) is 0 Å². The van der Waals surface area contributed by atoms with Gasteiger partial charge in [0.2, 0.25) is 0 Å². The molecule has 2 aliphatic rings. The molecule has 5 heteroatoms. The second kappa shape index (κ2) is 7.43. The van der Waals surface area contributed by atoms with Gasteiger partial charge in [0, 0.05) is 37.8 Å². The van der Waals surface area contributed by atoms with Crippen molar-refractivity contribution in [1.82, 2.24) is 10.2 Å². The highest BCUT2D eigenvalue weighted by Crippen LogP contribution is 2.44. The average Bonchev–Trinajstić information content (AvgIpc) is 2.43. The Morgan fingerprint density at radius 3 is 2.57 bits per heavy atom. The first-order chi connectivity index (χ1) is 9.79. The first kappa shape index (κ1) is 16.5. The van der Waals surface area contributed by atoms with Crippen LogP contribution in [-0.2, 0) is 0 Å². The van der Waals surface area contributed by atoms with Crippen molar-refractivity contribution >= 4 is 12.4 Å². The molecule has 2 fully saturated rings. The smallest absolute Gasteiger partial charge is 0.123 e. The number of benzene rings is 1. The third-order valence-electron chi connectivity index (χ3n) is 4.65. The zero-order valence-corrected chi connectivity index (χ0v) is 13.3. The van der Waals surface area contributed by atoms with Crippen LogP contribution in [-0.4, -0.2) is 38.2 Å². The van der Waals surface area contributed by atoms with Crippen LogP contribution in [0.4, 0.5) is 4.39 Å². The highest BCUT2D eigenvalue weighted by Gasteiger charge is 2.35. The summed E-state index contributed by atoms with van der Waals surface area (Å²) in [6, 6.07) is 5.22. The van der Waals surface area contributed by atoms with Gasteiger partial charge in [0.1, 0.15) is 11.6 Å². The number of halogens is 2. The average molecular weight is 315 g/mol. The summed E-state index contributed by atoms with van der Waals surface area (Å²) in [5.74, 6) is 1.30. The molecule has 0 spiro atoms. The van der Waals surface area contributed by atoms with Gasteiger partial charge in [-0.2, -0.15) is 0 Å². The highest BCUT2D eigenvalue weighted by molar-refractivity contribution is 5.85. The lowest BCUT2D eigenvalue weighted by atomic mass is 9.76. The van der Waals surface area contributed by atoms with Crippen molar-refractivity contribution < 1.29 is 9.13 Å². The van der Waals surface area contributed by atoms with Crippen molar-refractivity contribution in [2.45, 2.75) is 25.3 Å². The quantitative estimate of drug-likeness (QED) is 0.924. The summed E-state index contributed by atoms with van der Waals surface area (Å²) in [5.41, 5.74) is 1.03. The van der Waals surface area contributed by atoms with E-state index in [0.29, 0.717) is 12.0 Å². The van der Waals surface area contributed by atoms with Crippen LogP contribution in [0.25, 0.3) is 0 Å². The van der Waals surface area contributed by atoms with Gasteiger partial charge in [0.25, 0.3) is 0 Å². The van der Waals surface area contributed by atoms with Crippen LogP contribution in [0, 0.1) is 11.7 Å². The Hall–Kier alpha value is -0.840. The number of rotatable bonds is 4. The van der Waals surface area contributed by atoms with Crippen LogP contribution in [0.1, 0.15) is 30.9 Å². The first-order valence-corrected chi connectivity index (χ1v) is 7.58. The summed E-state index contributed by atoms with van der Waals surface area (Å²) in [5, 5.41) is 3.39. The molecule has 1 saturated carbocycles. The van der Waals surface area contributed by atoms with E-state index in [4.69, 9.17) is 4.74 Å². The van der Waals surface area contributed by atoms with Crippen molar-refractivity contribution in [2.24, 2.45) is 5.92 Å². The molecule has 1 aromatic carbocycles. The lowest BCUT2D eigenvalue weighted by Gasteiger charge is -2.43. The lowest BCUT2D eigenvalue weighted by Crippen LogP contribution is -2.47. The largest absolute Gasteiger partial charge is 0.496 e. The molecule has 3 rings (SSSR count). The van der Waals surface area contributed by atoms with Crippen molar-refractivity contribution in [3.63, 3.8) is 0 Å². The Bertz CT molecular complexity index is 462. The van der Waals surface area contributed by atoms with E-state index in [1.165, 1.54) is 25.3 Å². The van der Waals surface area contributed by atoms with Crippen LogP contribution < -0.4 is 10.1 Å². The van der Waals surface area contributed by atoms with E-state index in [9.17, 15) is 4.39 Å². The van der Waals surface area contributed by atoms with Crippen molar-refractivity contribution in [2.75, 3.05) is 33.3 Å². The topological polar surface area (TPSA) is 24.5 Å². The second-order valence-corrected chi connectivity index (χ2v) is 5.81. The van der Waals surface area contributed by atoms with Crippen molar-refractivity contribution in [1.29, 1.82) is 0 Å². The standard InChI is InChI=1S/C16H23FN2O.ClH/c1-20-15-6-5-13(17)11-14(15)16(12-3-2-4-12)19-9-7-18-8-10-19;/h5-6,11-12,16,18H,2-4,7-10H2,1H3;1H/t16-;/m0./s1. The zero-order valence-electron chi connectivity index (χ0n) is 12.5. The van der Waals surface area contributed by atoms with E-state index in [1.54, 1.807) is 19.2 Å². The van der Waals surface area contributed by atoms with Gasteiger partial charge in [-0.25, -0.2) is 4.39 Å². The lowest BCUT2D eigenvalue weighted by molar-refractivity contribution is 0.0816. The summed E-state index contributed by atoms with van der Waals surface area (Å²) >= 11 is 0. The summed E-state index contributed by atoms with van der Waals surface area (Å²) in [4.78, 5) is 2.50. The molecule has 1 atom stereocenters. The van der Waals surface area contributed by atoms with E-state index in [2.05, 4.69) is 10.2 Å². The van der Waals surface area contributed by atoms with Gasteiger partial charge in [-0.3, -0.25) is 4.90 Å². The van der Waals surface area contributed by atoms with Crippen LogP contribution in [0.5, 0.6) is 5.75 Å². The number of hydrogen-bond donors (Lipinski definition) is 1. The van der Waals surface area contributed by atoms with Gasteiger partial charge in [0.05, 0.1) is 7.11 Å². The fourth-order valence-corrected chi connectivity index (χ4v) is 3.40. The SMILES string of the molecule is COc1ccc(F)cc1[C@H](C1CCC1)N1CCNCC1.Cl. The number of nitrogens with zero attached hydrogens (tertiary/aromatic N) is 1. The minimum atomic E-state index is -0.166. The summed E-state index contributed by atoms with van der Waals surface area (Å²) < 4.78 is 19.2. The van der Waals surface area contributed by atoms with E-state index in [0.717, 1.165) is 37.5 Å². The Balaban J connectivity index is 0.00000161. The van der Waals surface area contributed by atoms with Crippen molar-refractivity contribution in [3.8, 4) is 5.75 Å². The van der Waals surface area contributed by atoms with Crippen LogP contribution >= 0.6 is 12.4 Å². The van der Waals surface area contributed by atoms with E-state index >= 15 is 0 Å². The molecule has 1 aromatic rings. The number of nitrogens with one attached hydrogen (secondary N) is 1. The molecule has 118 valence electrons. The highest BCUT2D eigenvalue weighted by atomic mass is 35.5. The fraction of sp³-hybridized carbons (Fsp3) is 0.625. The van der Waals surface area contributed by atoms with E-state index < -0.39 is 0 Å². The molecular formula is C16H24ClFN2O. The minimum Gasteiger partial charge on any atom is -0.496 e. The monoisotopic (exact) mass is 314 g/mol. The van der Waals surface area contributed by atoms with Gasteiger partial charge in [0.15, 0.2) is 0 Å². The molecule has 3 nitrogen and oxygen atoms in total. The molecular weight excluding hydrogens is 291 g/mol. The number of piperazine rings is 1. The van der Waals surface area contributed by atoms with Gasteiger partial charge < -0.3 is 10.1 Å². The van der Waals surface area contributed by atoms with Gasteiger partial charge in [-0.05, 0) is 37.0 Å². The molecule has 0 aromatic heterocycles. The summed E-state index contributed by atoms with van der Waals surface area (Å²) in [6.07, 6.45) is 3.79. The molecule has 1 aliphatic carbocycles. The van der Waals surface area contributed by atoms with Crippen LogP contribution in [0.15, 0.2) is 18.2 Å². The predicted molar refractivity (Wildman–Crippen MR) is 84.7 cm³/mol. The Morgan fingerprint density at radius 2 is 2.00 bits per heavy atom. The number of ether oxygens (including phenoxy) is 1. The van der Waals surface area contributed by atoms with E-state index in [1.807, 2.05) is 0 Å². The first-order valence-electron chi connectivity index (χ1n) is 7.58. The molecule has 0 unspecified atom stereocenters. The normalized spacial score (nSPS) is 21.2. The maximum atomic E-state index is 13.7. The predicted octanol–water partition coefficient (Wildman–Crippen LogP) is 3.00. The molecule has 1 N–H and O–H groups in total. The molecule has 1 heterocycles. The summed E-state index contributed by atoms with van der Waals surface area (Å²) in [7, 11) is 1.67. The van der Waals surface area contributed by atoms with Crippen LogP contribution in [0.3, 0.4) is 0 Å². The molecule has 0 bridgehead atoms. The number of hydrogen-bond acceptors (Lipinski definition) is 3. The Labute approximate surface area is 132 Å². The maximum Gasteiger partial charge on any atom is 0.123 e. The van der Waals surface area contributed by atoms with Gasteiger partial charge >= 0.3 is 0 Å². The molecule has 0 radical (unpaired) electrons. The van der Waals surface area contributed by atoms with Gasteiger partial charge in [-0.15, -0.1) is 12.4 Å². The molecule has 1 saturated heterocycles. The maximum absolute atomic E-state index is 13.7. The second-order valence-electron chi connectivity index (χ2n) is 5.81. The Morgan fingerprint density at radius 1 is 1.29 bits per heavy atom. The molecule has 0 amide bonds. The van der Waals surface area contributed by atoms with E-state index in [-0.39, 0.29) is 18.2 Å². The third-order valence-corrected chi connectivity index (χ3v) is 4.65. The van der Waals surface area contributed by atoms with Crippen molar-refractivity contribution in [3.05, 3.63) is 29.6 Å². The van der Waals surface area contributed by atoms with Gasteiger partial charge in [-0.1, -0.05) is 6.42 Å². The fourth-order valence-electron chi connectivity index (χ4n) is 3.40. The number of methoxy groups -OCH3 is 1. The zero-order chi connectivity index (χ0) is 13.9. The minimum absolute atomic E-state index is 0. The Kier molecular flexibility index (Phi) is 5.85.